The molecule has 1 aromatic heterocycles. The van der Waals surface area contributed by atoms with Gasteiger partial charge in [-0.2, -0.15) is 0 Å². The van der Waals surface area contributed by atoms with E-state index in [0.29, 0.717) is 13.1 Å². The molecule has 1 N–H and O–H groups in total. The van der Waals surface area contributed by atoms with Gasteiger partial charge in [-0.1, -0.05) is 23.5 Å². The molecule has 2 fully saturated rings. The summed E-state index contributed by atoms with van der Waals surface area (Å²) < 4.78 is 1.13. The zero-order valence-electron chi connectivity index (χ0n) is 10.00. The van der Waals surface area contributed by atoms with Gasteiger partial charge < -0.3 is 4.90 Å². The molecule has 0 spiro atoms. The zero-order valence-corrected chi connectivity index (χ0v) is 10.8. The maximum Gasteiger partial charge on any atom is 0.232 e. The highest BCUT2D eigenvalue weighted by Crippen LogP contribution is 2.35. The molecule has 0 saturated carbocycles. The van der Waals surface area contributed by atoms with Crippen LogP contribution in [0.2, 0.25) is 0 Å². The van der Waals surface area contributed by atoms with Gasteiger partial charge in [0.25, 0.3) is 0 Å². The van der Waals surface area contributed by atoms with Gasteiger partial charge in [0.15, 0.2) is 5.13 Å². The second-order valence-corrected chi connectivity index (χ2v) is 5.94. The molecule has 6 heteroatoms. The van der Waals surface area contributed by atoms with E-state index < -0.39 is 0 Å². The molecule has 2 aliphatic heterocycles. The third-order valence-corrected chi connectivity index (χ3v) is 4.89. The van der Waals surface area contributed by atoms with Gasteiger partial charge in [0.05, 0.1) is 22.1 Å². The van der Waals surface area contributed by atoms with Gasteiger partial charge in [0.2, 0.25) is 11.8 Å². The molecular weight excluding hydrogens is 262 g/mol. The van der Waals surface area contributed by atoms with Crippen LogP contribution in [0.4, 0.5) is 5.13 Å². The molecule has 19 heavy (non-hydrogen) atoms. The van der Waals surface area contributed by atoms with Crippen molar-refractivity contribution in [1.29, 1.82) is 0 Å². The summed E-state index contributed by atoms with van der Waals surface area (Å²) in [4.78, 5) is 29.9. The highest BCUT2D eigenvalue weighted by atomic mass is 32.1. The number of carbonyl (C=O) groups is 2. The fourth-order valence-corrected chi connectivity index (χ4v) is 3.78. The molecule has 2 unspecified atom stereocenters. The third-order valence-electron chi connectivity index (χ3n) is 3.79. The topological polar surface area (TPSA) is 62.3 Å². The molecule has 2 aromatic rings. The number of fused-ring (bicyclic) bond motifs is 2. The number of benzene rings is 1. The highest BCUT2D eigenvalue weighted by Gasteiger charge is 2.48. The molecule has 0 radical (unpaired) electrons. The van der Waals surface area contributed by atoms with Crippen molar-refractivity contribution in [2.45, 2.75) is 0 Å². The molecule has 2 amide bonds. The smallest absolute Gasteiger partial charge is 0.232 e. The minimum absolute atomic E-state index is 0.140. The average Bonchev–Trinajstić information content (AvgIpc) is 3.06. The lowest BCUT2D eigenvalue weighted by molar-refractivity contribution is -0.126. The van der Waals surface area contributed by atoms with Gasteiger partial charge in [-0.15, -0.1) is 0 Å². The summed E-state index contributed by atoms with van der Waals surface area (Å²) in [7, 11) is 0. The second kappa shape index (κ2) is 3.77. The van der Waals surface area contributed by atoms with Crippen LogP contribution in [-0.2, 0) is 9.59 Å². The predicted octanol–water partition coefficient (Wildman–Crippen LogP) is 1.01. The first-order valence-electron chi connectivity index (χ1n) is 6.17. The summed E-state index contributed by atoms with van der Waals surface area (Å²) in [6, 6.07) is 7.96. The maximum atomic E-state index is 11.6. The number of anilines is 1. The van der Waals surface area contributed by atoms with E-state index in [2.05, 4.69) is 15.2 Å². The summed E-state index contributed by atoms with van der Waals surface area (Å²) in [5.41, 5.74) is 0.968. The molecule has 96 valence electrons. The van der Waals surface area contributed by atoms with Crippen molar-refractivity contribution in [3.05, 3.63) is 24.3 Å². The standard InChI is InChI=1S/C13H11N3O2S/c17-11-7-5-16(6-8(7)12(18)15-11)13-14-9-3-1-2-4-10(9)19-13/h1-4,7-8H,5-6H2,(H,15,17,18). The fraction of sp³-hybridized carbons (Fsp3) is 0.308. The summed E-state index contributed by atoms with van der Waals surface area (Å²) in [5.74, 6) is -0.698. The number of imide groups is 1. The van der Waals surface area contributed by atoms with Crippen molar-refractivity contribution in [2.24, 2.45) is 11.8 Å². The molecule has 2 atom stereocenters. The molecule has 0 aliphatic carbocycles. The number of hydrogen-bond donors (Lipinski definition) is 1. The summed E-state index contributed by atoms with van der Waals surface area (Å²) in [6.07, 6.45) is 0. The van der Waals surface area contributed by atoms with E-state index in [1.165, 1.54) is 0 Å². The van der Waals surface area contributed by atoms with Crippen LogP contribution in [-0.4, -0.2) is 29.9 Å². The minimum Gasteiger partial charge on any atom is -0.346 e. The Hall–Kier alpha value is -1.95. The first kappa shape index (κ1) is 10.9. The first-order valence-corrected chi connectivity index (χ1v) is 6.99. The van der Waals surface area contributed by atoms with E-state index in [1.807, 2.05) is 24.3 Å². The number of hydrogen-bond acceptors (Lipinski definition) is 5. The van der Waals surface area contributed by atoms with Gasteiger partial charge in [-0.3, -0.25) is 14.9 Å². The Morgan fingerprint density at radius 2 is 1.84 bits per heavy atom. The van der Waals surface area contributed by atoms with E-state index in [4.69, 9.17) is 0 Å². The average molecular weight is 273 g/mol. The summed E-state index contributed by atoms with van der Waals surface area (Å²) in [5, 5.41) is 3.30. The number of rotatable bonds is 1. The molecule has 2 saturated heterocycles. The Labute approximate surface area is 113 Å². The van der Waals surface area contributed by atoms with Gasteiger partial charge >= 0.3 is 0 Å². The highest BCUT2D eigenvalue weighted by molar-refractivity contribution is 7.22. The van der Waals surface area contributed by atoms with Crippen LogP contribution in [0.1, 0.15) is 0 Å². The SMILES string of the molecule is O=C1NC(=O)C2CN(c3nc4ccccc4s3)CC12. The third kappa shape index (κ3) is 1.56. The van der Waals surface area contributed by atoms with E-state index in [-0.39, 0.29) is 23.7 Å². The Morgan fingerprint density at radius 1 is 1.16 bits per heavy atom. The van der Waals surface area contributed by atoms with Gasteiger partial charge in [0, 0.05) is 13.1 Å². The Bertz CT molecular complexity index is 641. The molecule has 1 aromatic carbocycles. The van der Waals surface area contributed by atoms with E-state index in [9.17, 15) is 9.59 Å². The lowest BCUT2D eigenvalue weighted by Gasteiger charge is -2.14. The van der Waals surface area contributed by atoms with Crippen LogP contribution in [0.25, 0.3) is 10.2 Å². The van der Waals surface area contributed by atoms with Crippen molar-refractivity contribution in [3.8, 4) is 0 Å². The van der Waals surface area contributed by atoms with E-state index >= 15 is 0 Å². The number of nitrogens with zero attached hydrogens (tertiary/aromatic N) is 2. The lowest BCUT2D eigenvalue weighted by atomic mass is 10.00. The van der Waals surface area contributed by atoms with E-state index in [0.717, 1.165) is 15.3 Å². The predicted molar refractivity (Wildman–Crippen MR) is 72.0 cm³/mol. The lowest BCUT2D eigenvalue weighted by Crippen LogP contribution is -2.31. The first-order chi connectivity index (χ1) is 9.22. The number of para-hydroxylation sites is 1. The summed E-state index contributed by atoms with van der Waals surface area (Å²) in [6.45, 7) is 1.17. The maximum absolute atomic E-state index is 11.6. The zero-order chi connectivity index (χ0) is 13.0. The molecule has 2 aliphatic rings. The second-order valence-electron chi connectivity index (χ2n) is 4.94. The molecule has 5 nitrogen and oxygen atoms in total. The van der Waals surface area contributed by atoms with Crippen molar-refractivity contribution in [2.75, 3.05) is 18.0 Å². The van der Waals surface area contributed by atoms with Crippen LogP contribution in [0.15, 0.2) is 24.3 Å². The fourth-order valence-electron chi connectivity index (χ4n) is 2.79. The van der Waals surface area contributed by atoms with Crippen LogP contribution in [0.3, 0.4) is 0 Å². The van der Waals surface area contributed by atoms with Crippen molar-refractivity contribution in [3.63, 3.8) is 0 Å². The Morgan fingerprint density at radius 3 is 2.53 bits per heavy atom. The molecule has 4 rings (SSSR count). The van der Waals surface area contributed by atoms with Gasteiger partial charge in [-0.25, -0.2) is 4.98 Å². The van der Waals surface area contributed by atoms with Crippen LogP contribution < -0.4 is 10.2 Å². The van der Waals surface area contributed by atoms with Gasteiger partial charge in [0.1, 0.15) is 0 Å². The number of nitrogens with one attached hydrogen (secondary N) is 1. The largest absolute Gasteiger partial charge is 0.346 e. The number of amides is 2. The quantitative estimate of drug-likeness (QED) is 0.788. The Balaban J connectivity index is 1.67. The monoisotopic (exact) mass is 273 g/mol. The Kier molecular flexibility index (Phi) is 2.17. The summed E-state index contributed by atoms with van der Waals surface area (Å²) >= 11 is 1.61. The number of carbonyl (C=O) groups excluding carboxylic acids is 2. The number of aromatic nitrogens is 1. The molecule has 3 heterocycles. The number of thiazole rings is 1. The van der Waals surface area contributed by atoms with E-state index in [1.54, 1.807) is 11.3 Å². The minimum atomic E-state index is -0.209. The van der Waals surface area contributed by atoms with Crippen molar-refractivity contribution < 1.29 is 9.59 Å². The normalized spacial score (nSPS) is 26.0. The van der Waals surface area contributed by atoms with Crippen LogP contribution in [0, 0.1) is 11.8 Å². The van der Waals surface area contributed by atoms with Crippen LogP contribution in [0.5, 0.6) is 0 Å². The molecule has 0 bridgehead atoms. The van der Waals surface area contributed by atoms with Crippen molar-refractivity contribution >= 4 is 38.5 Å². The van der Waals surface area contributed by atoms with Crippen LogP contribution >= 0.6 is 11.3 Å². The molecular formula is C13H11N3O2S. The van der Waals surface area contributed by atoms with Crippen molar-refractivity contribution in [1.82, 2.24) is 10.3 Å². The van der Waals surface area contributed by atoms with Gasteiger partial charge in [-0.05, 0) is 12.1 Å².